The number of hydrogen-bond donors (Lipinski definition) is 3. The fourth-order valence-corrected chi connectivity index (χ4v) is 1.45. The first-order valence-corrected chi connectivity index (χ1v) is 5.72. The molecule has 19 heavy (non-hydrogen) atoms. The van der Waals surface area contributed by atoms with Gasteiger partial charge in [0.05, 0.1) is 6.42 Å². The maximum absolute atomic E-state index is 12.2. The number of rotatable bonds is 5. The van der Waals surface area contributed by atoms with E-state index in [0.29, 0.717) is 18.7 Å². The van der Waals surface area contributed by atoms with Crippen molar-refractivity contribution in [1.82, 2.24) is 5.32 Å². The van der Waals surface area contributed by atoms with Crippen LogP contribution < -0.4 is 10.6 Å². The smallest absolute Gasteiger partial charge is 0.393 e. The maximum Gasteiger partial charge on any atom is 0.393 e. The van der Waals surface area contributed by atoms with Gasteiger partial charge in [0, 0.05) is 18.8 Å². The molecule has 0 atom stereocenters. The molecule has 0 saturated heterocycles. The number of alkyl halides is 3. The summed E-state index contributed by atoms with van der Waals surface area (Å²) >= 11 is 0. The summed E-state index contributed by atoms with van der Waals surface area (Å²) in [4.78, 5) is 11.4. The lowest BCUT2D eigenvalue weighted by Gasteiger charge is -2.10. The number of aliphatic hydroxyl groups excluding tert-OH is 1. The lowest BCUT2D eigenvalue weighted by Crippen LogP contribution is -2.29. The van der Waals surface area contributed by atoms with E-state index in [1.54, 1.807) is 0 Å². The van der Waals surface area contributed by atoms with Gasteiger partial charge in [-0.25, -0.2) is 4.79 Å². The van der Waals surface area contributed by atoms with Gasteiger partial charge in [-0.15, -0.1) is 0 Å². The normalized spacial score (nSPS) is 11.2. The molecule has 2 amide bonds. The van der Waals surface area contributed by atoms with Crippen molar-refractivity contribution in [2.75, 3.05) is 18.5 Å². The average molecular weight is 276 g/mol. The predicted octanol–water partition coefficient (Wildman–Crippen LogP) is 2.30. The van der Waals surface area contributed by atoms with Crippen molar-refractivity contribution in [1.29, 1.82) is 0 Å². The van der Waals surface area contributed by atoms with Crippen molar-refractivity contribution in [2.24, 2.45) is 0 Å². The second-order valence-electron chi connectivity index (χ2n) is 3.95. The summed E-state index contributed by atoms with van der Waals surface area (Å²) in [6.07, 6.45) is -4.89. The Morgan fingerprint density at radius 2 is 2.05 bits per heavy atom. The highest BCUT2D eigenvalue weighted by Crippen LogP contribution is 2.22. The number of urea groups is 1. The molecule has 0 fully saturated rings. The van der Waals surface area contributed by atoms with Gasteiger partial charge in [-0.05, 0) is 24.1 Å². The van der Waals surface area contributed by atoms with Gasteiger partial charge in [0.25, 0.3) is 0 Å². The van der Waals surface area contributed by atoms with E-state index in [0.717, 1.165) is 0 Å². The Morgan fingerprint density at radius 3 is 2.68 bits per heavy atom. The molecule has 1 aromatic carbocycles. The number of benzene rings is 1. The Bertz CT molecular complexity index is 422. The SMILES string of the molecule is O=C(NCCCO)Nc1cccc(CC(F)(F)F)c1. The number of hydrogen-bond acceptors (Lipinski definition) is 2. The zero-order chi connectivity index (χ0) is 14.3. The molecule has 106 valence electrons. The fraction of sp³-hybridized carbons (Fsp3) is 0.417. The number of halogens is 3. The summed E-state index contributed by atoms with van der Waals surface area (Å²) in [6.45, 7) is 0.256. The first-order valence-electron chi connectivity index (χ1n) is 5.72. The van der Waals surface area contributed by atoms with Crippen molar-refractivity contribution in [3.8, 4) is 0 Å². The van der Waals surface area contributed by atoms with Crippen molar-refractivity contribution in [3.63, 3.8) is 0 Å². The number of anilines is 1. The van der Waals surface area contributed by atoms with Crippen molar-refractivity contribution < 1.29 is 23.1 Å². The van der Waals surface area contributed by atoms with Crippen LogP contribution in [0.2, 0.25) is 0 Å². The van der Waals surface area contributed by atoms with E-state index in [1.807, 2.05) is 0 Å². The van der Waals surface area contributed by atoms with Crippen LogP contribution in [0.4, 0.5) is 23.7 Å². The second-order valence-corrected chi connectivity index (χ2v) is 3.95. The Kier molecular flexibility index (Phi) is 5.62. The summed E-state index contributed by atoms with van der Waals surface area (Å²) in [5.41, 5.74) is 0.379. The summed E-state index contributed by atoms with van der Waals surface area (Å²) in [7, 11) is 0. The Balaban J connectivity index is 2.54. The molecular formula is C12H15F3N2O2. The number of aliphatic hydroxyl groups is 1. The van der Waals surface area contributed by atoms with Gasteiger partial charge in [-0.1, -0.05) is 12.1 Å². The second kappa shape index (κ2) is 6.98. The molecule has 0 bridgehead atoms. The first-order chi connectivity index (χ1) is 8.90. The summed E-state index contributed by atoms with van der Waals surface area (Å²) in [5.74, 6) is 0. The quantitative estimate of drug-likeness (QED) is 0.723. The molecular weight excluding hydrogens is 261 g/mol. The Labute approximate surface area is 108 Å². The molecule has 1 aromatic rings. The minimum atomic E-state index is -4.28. The van der Waals surface area contributed by atoms with Crippen molar-refractivity contribution >= 4 is 11.7 Å². The average Bonchev–Trinajstić information content (AvgIpc) is 2.27. The molecule has 0 heterocycles. The van der Waals surface area contributed by atoms with Crippen LogP contribution >= 0.6 is 0 Å². The summed E-state index contributed by atoms with van der Waals surface area (Å²) in [6, 6.07) is 5.06. The topological polar surface area (TPSA) is 61.4 Å². The molecule has 0 radical (unpaired) electrons. The van der Waals surface area contributed by atoms with Crippen molar-refractivity contribution in [2.45, 2.75) is 19.0 Å². The molecule has 0 spiro atoms. The Morgan fingerprint density at radius 1 is 1.32 bits per heavy atom. The van der Waals surface area contributed by atoms with Gasteiger partial charge >= 0.3 is 12.2 Å². The van der Waals surface area contributed by atoms with E-state index >= 15 is 0 Å². The number of amides is 2. The monoisotopic (exact) mass is 276 g/mol. The lowest BCUT2D eigenvalue weighted by atomic mass is 10.1. The van der Waals surface area contributed by atoms with Crippen LogP contribution in [0.15, 0.2) is 24.3 Å². The van der Waals surface area contributed by atoms with Gasteiger partial charge < -0.3 is 15.7 Å². The predicted molar refractivity (Wildman–Crippen MR) is 64.9 cm³/mol. The third kappa shape index (κ3) is 6.66. The fourth-order valence-electron chi connectivity index (χ4n) is 1.45. The van der Waals surface area contributed by atoms with E-state index in [-0.39, 0.29) is 12.2 Å². The minimum absolute atomic E-state index is 0.0403. The van der Waals surface area contributed by atoms with Crippen LogP contribution in [0.1, 0.15) is 12.0 Å². The molecule has 0 unspecified atom stereocenters. The molecule has 0 aliphatic heterocycles. The number of nitrogens with one attached hydrogen (secondary N) is 2. The van der Waals surface area contributed by atoms with E-state index < -0.39 is 18.6 Å². The molecule has 0 aliphatic carbocycles. The summed E-state index contributed by atoms with van der Waals surface area (Å²) < 4.78 is 36.7. The first kappa shape index (κ1) is 15.3. The highest BCUT2D eigenvalue weighted by molar-refractivity contribution is 5.89. The van der Waals surface area contributed by atoms with Crippen molar-refractivity contribution in [3.05, 3.63) is 29.8 Å². The third-order valence-corrected chi connectivity index (χ3v) is 2.21. The van der Waals surface area contributed by atoms with E-state index in [9.17, 15) is 18.0 Å². The highest BCUT2D eigenvalue weighted by Gasteiger charge is 2.27. The molecule has 0 aromatic heterocycles. The van der Waals surface area contributed by atoms with Gasteiger partial charge in [0.1, 0.15) is 0 Å². The van der Waals surface area contributed by atoms with Gasteiger partial charge in [0.15, 0.2) is 0 Å². The molecule has 3 N–H and O–H groups in total. The Hall–Kier alpha value is -1.76. The van der Waals surface area contributed by atoms with Crippen LogP contribution in [0, 0.1) is 0 Å². The molecule has 7 heteroatoms. The van der Waals surface area contributed by atoms with Gasteiger partial charge in [-0.3, -0.25) is 0 Å². The zero-order valence-corrected chi connectivity index (χ0v) is 10.1. The van der Waals surface area contributed by atoms with Crippen LogP contribution in [0.25, 0.3) is 0 Å². The van der Waals surface area contributed by atoms with E-state index in [2.05, 4.69) is 10.6 Å². The molecule has 1 rings (SSSR count). The van der Waals surface area contributed by atoms with Crippen LogP contribution in [-0.2, 0) is 6.42 Å². The zero-order valence-electron chi connectivity index (χ0n) is 10.1. The minimum Gasteiger partial charge on any atom is -0.396 e. The molecule has 4 nitrogen and oxygen atoms in total. The van der Waals surface area contributed by atoms with Crippen LogP contribution in [-0.4, -0.2) is 30.5 Å². The maximum atomic E-state index is 12.2. The number of carbonyl (C=O) groups excluding carboxylic acids is 1. The standard InChI is InChI=1S/C12H15F3N2O2/c13-12(14,15)8-9-3-1-4-10(7-9)17-11(19)16-5-2-6-18/h1,3-4,7,18H,2,5-6,8H2,(H2,16,17,19). The summed E-state index contributed by atoms with van der Waals surface area (Å²) in [5, 5.41) is 13.4. The van der Waals surface area contributed by atoms with E-state index in [4.69, 9.17) is 5.11 Å². The van der Waals surface area contributed by atoms with E-state index in [1.165, 1.54) is 24.3 Å². The lowest BCUT2D eigenvalue weighted by molar-refractivity contribution is -0.127. The largest absolute Gasteiger partial charge is 0.396 e. The molecule has 0 saturated carbocycles. The highest BCUT2D eigenvalue weighted by atomic mass is 19.4. The van der Waals surface area contributed by atoms with Gasteiger partial charge in [-0.2, -0.15) is 13.2 Å². The number of carbonyl (C=O) groups is 1. The van der Waals surface area contributed by atoms with Gasteiger partial charge in [0.2, 0.25) is 0 Å². The van der Waals surface area contributed by atoms with Crippen LogP contribution in [0.3, 0.4) is 0 Å². The molecule has 0 aliphatic rings. The van der Waals surface area contributed by atoms with Crippen LogP contribution in [0.5, 0.6) is 0 Å². The third-order valence-electron chi connectivity index (χ3n) is 2.21.